The molecule has 1 heterocycles. The molecular formula is C15H16BrNS. The zero-order chi connectivity index (χ0) is 12.4. The number of aryl methyl sites for hydroxylation is 1. The number of thiophene rings is 1. The van der Waals surface area contributed by atoms with Gasteiger partial charge in [0, 0.05) is 17.1 Å². The summed E-state index contributed by atoms with van der Waals surface area (Å²) in [6.07, 6.45) is 5.15. The number of nitrogens with one attached hydrogen (secondary N) is 1. The summed E-state index contributed by atoms with van der Waals surface area (Å²) >= 11 is 5.31. The maximum absolute atomic E-state index is 3.59. The predicted octanol–water partition coefficient (Wildman–Crippen LogP) is 5.00. The van der Waals surface area contributed by atoms with Gasteiger partial charge in [0.25, 0.3) is 0 Å². The highest BCUT2D eigenvalue weighted by Gasteiger charge is 2.12. The smallest absolute Gasteiger partial charge is 0.0702 e. The Bertz CT molecular complexity index is 547. The average Bonchev–Trinajstić information content (AvgIpc) is 2.82. The molecule has 1 aromatic heterocycles. The Hall–Kier alpha value is -0.800. The summed E-state index contributed by atoms with van der Waals surface area (Å²) in [6.45, 7) is 0.923. The molecule has 1 aromatic carbocycles. The number of rotatable bonds is 3. The van der Waals surface area contributed by atoms with E-state index in [1.165, 1.54) is 40.0 Å². The van der Waals surface area contributed by atoms with Gasteiger partial charge in [0.15, 0.2) is 0 Å². The zero-order valence-electron chi connectivity index (χ0n) is 10.2. The first-order chi connectivity index (χ1) is 8.83. The molecule has 0 radical (unpaired) electrons. The van der Waals surface area contributed by atoms with E-state index < -0.39 is 0 Å². The highest BCUT2D eigenvalue weighted by atomic mass is 79.9. The van der Waals surface area contributed by atoms with Crippen molar-refractivity contribution in [2.45, 2.75) is 32.2 Å². The van der Waals surface area contributed by atoms with Gasteiger partial charge in [-0.2, -0.15) is 0 Å². The number of halogens is 1. The van der Waals surface area contributed by atoms with E-state index in [9.17, 15) is 0 Å². The van der Waals surface area contributed by atoms with Crippen molar-refractivity contribution in [3.63, 3.8) is 0 Å². The van der Waals surface area contributed by atoms with Crippen molar-refractivity contribution in [1.29, 1.82) is 0 Å². The molecule has 0 atom stereocenters. The van der Waals surface area contributed by atoms with Gasteiger partial charge in [-0.3, -0.25) is 0 Å². The number of hydrogen-bond acceptors (Lipinski definition) is 2. The fourth-order valence-electron chi connectivity index (χ4n) is 2.58. The molecule has 1 N–H and O–H groups in total. The number of anilines is 1. The normalized spacial score (nSPS) is 14.3. The van der Waals surface area contributed by atoms with Crippen molar-refractivity contribution < 1.29 is 0 Å². The summed E-state index contributed by atoms with van der Waals surface area (Å²) in [7, 11) is 0. The van der Waals surface area contributed by atoms with Crippen LogP contribution in [0.1, 0.15) is 28.8 Å². The van der Waals surface area contributed by atoms with E-state index in [0.29, 0.717) is 0 Å². The van der Waals surface area contributed by atoms with Gasteiger partial charge in [0.2, 0.25) is 0 Å². The van der Waals surface area contributed by atoms with E-state index in [1.54, 1.807) is 22.5 Å². The molecule has 0 fully saturated rings. The van der Waals surface area contributed by atoms with Gasteiger partial charge < -0.3 is 5.32 Å². The minimum Gasteiger partial charge on any atom is -0.380 e. The maximum Gasteiger partial charge on any atom is 0.0702 e. The topological polar surface area (TPSA) is 12.0 Å². The third-order valence-electron chi connectivity index (χ3n) is 3.48. The Morgan fingerprint density at radius 2 is 2.00 bits per heavy atom. The van der Waals surface area contributed by atoms with Crippen LogP contribution in [0.25, 0.3) is 0 Å². The van der Waals surface area contributed by atoms with Crippen molar-refractivity contribution in [1.82, 2.24) is 0 Å². The Morgan fingerprint density at radius 1 is 1.11 bits per heavy atom. The lowest BCUT2D eigenvalue weighted by atomic mass is 9.90. The molecule has 18 heavy (non-hydrogen) atoms. The van der Waals surface area contributed by atoms with Gasteiger partial charge in [-0.15, -0.1) is 11.3 Å². The van der Waals surface area contributed by atoms with Crippen molar-refractivity contribution in [3.8, 4) is 0 Å². The van der Waals surface area contributed by atoms with E-state index in [2.05, 4.69) is 51.6 Å². The Labute approximate surface area is 120 Å². The lowest BCUT2D eigenvalue weighted by molar-refractivity contribution is 0.686. The lowest BCUT2D eigenvalue weighted by Gasteiger charge is -2.19. The Balaban J connectivity index is 1.76. The van der Waals surface area contributed by atoms with Crippen LogP contribution in [0, 0.1) is 0 Å². The highest BCUT2D eigenvalue weighted by Crippen LogP contribution is 2.29. The van der Waals surface area contributed by atoms with Gasteiger partial charge >= 0.3 is 0 Å². The van der Waals surface area contributed by atoms with Crippen LogP contribution in [0.5, 0.6) is 0 Å². The van der Waals surface area contributed by atoms with E-state index >= 15 is 0 Å². The molecule has 2 aromatic rings. The van der Waals surface area contributed by atoms with Crippen LogP contribution < -0.4 is 5.32 Å². The molecule has 0 amide bonds. The minimum absolute atomic E-state index is 0.923. The number of fused-ring (bicyclic) bond motifs is 1. The van der Waals surface area contributed by atoms with Gasteiger partial charge in [-0.25, -0.2) is 0 Å². The predicted molar refractivity (Wildman–Crippen MR) is 82.4 cm³/mol. The van der Waals surface area contributed by atoms with Crippen LogP contribution in [0.15, 0.2) is 34.1 Å². The second-order valence-corrected chi connectivity index (χ2v) is 7.26. The summed E-state index contributed by atoms with van der Waals surface area (Å²) < 4.78 is 1.20. The summed E-state index contributed by atoms with van der Waals surface area (Å²) in [5.74, 6) is 0. The summed E-state index contributed by atoms with van der Waals surface area (Å²) in [6, 6.07) is 11.0. The maximum atomic E-state index is 3.59. The van der Waals surface area contributed by atoms with Gasteiger partial charge in [-0.1, -0.05) is 12.1 Å². The quantitative estimate of drug-likeness (QED) is 0.838. The molecule has 94 valence electrons. The first kappa shape index (κ1) is 12.2. The summed E-state index contributed by atoms with van der Waals surface area (Å²) in [4.78, 5) is 1.37. The fourth-order valence-corrected chi connectivity index (χ4v) is 4.00. The van der Waals surface area contributed by atoms with Crippen LogP contribution in [0.3, 0.4) is 0 Å². The average molecular weight is 322 g/mol. The Kier molecular flexibility index (Phi) is 3.71. The molecule has 1 aliphatic rings. The summed E-state index contributed by atoms with van der Waals surface area (Å²) in [5.41, 5.74) is 4.41. The van der Waals surface area contributed by atoms with Crippen LogP contribution in [-0.2, 0) is 19.4 Å². The first-order valence-electron chi connectivity index (χ1n) is 6.42. The third-order valence-corrected chi connectivity index (χ3v) is 5.10. The molecule has 1 nitrogen and oxygen atoms in total. The fraction of sp³-hybridized carbons (Fsp3) is 0.333. The van der Waals surface area contributed by atoms with E-state index in [-0.39, 0.29) is 0 Å². The van der Waals surface area contributed by atoms with Gasteiger partial charge in [0.05, 0.1) is 3.79 Å². The third kappa shape index (κ3) is 2.62. The van der Waals surface area contributed by atoms with Crippen molar-refractivity contribution in [3.05, 3.63) is 50.1 Å². The monoisotopic (exact) mass is 321 g/mol. The first-order valence-corrected chi connectivity index (χ1v) is 8.03. The van der Waals surface area contributed by atoms with E-state index in [1.807, 2.05) is 0 Å². The van der Waals surface area contributed by atoms with Gasteiger partial charge in [0.1, 0.15) is 0 Å². The summed E-state index contributed by atoms with van der Waals surface area (Å²) in [5, 5.41) is 3.59. The molecule has 0 bridgehead atoms. The van der Waals surface area contributed by atoms with Crippen LogP contribution in [0.4, 0.5) is 5.69 Å². The van der Waals surface area contributed by atoms with E-state index in [4.69, 9.17) is 0 Å². The van der Waals surface area contributed by atoms with Gasteiger partial charge in [-0.05, 0) is 70.9 Å². The Morgan fingerprint density at radius 3 is 2.83 bits per heavy atom. The van der Waals surface area contributed by atoms with Crippen LogP contribution in [-0.4, -0.2) is 0 Å². The molecule has 3 heteroatoms. The molecule has 1 aliphatic carbocycles. The molecule has 3 rings (SSSR count). The van der Waals surface area contributed by atoms with Crippen LogP contribution >= 0.6 is 27.3 Å². The molecule has 0 saturated heterocycles. The van der Waals surface area contributed by atoms with Crippen molar-refractivity contribution in [2.24, 2.45) is 0 Å². The highest BCUT2D eigenvalue weighted by molar-refractivity contribution is 9.11. The second kappa shape index (κ2) is 5.45. The molecule has 0 spiro atoms. The molecular weight excluding hydrogens is 306 g/mol. The number of benzene rings is 1. The SMILES string of the molecule is Brc1ccc(CNc2cccc3c2CCCC3)s1. The molecule has 0 unspecified atom stereocenters. The molecule has 0 aliphatic heterocycles. The molecule has 0 saturated carbocycles. The van der Waals surface area contributed by atoms with Crippen LogP contribution in [0.2, 0.25) is 0 Å². The van der Waals surface area contributed by atoms with E-state index in [0.717, 1.165) is 6.54 Å². The second-order valence-electron chi connectivity index (χ2n) is 4.71. The standard InChI is InChI=1S/C15H16BrNS/c16-15-9-8-12(18-15)10-17-14-7-3-5-11-4-1-2-6-13(11)14/h3,5,7-9,17H,1-2,4,6,10H2. The minimum atomic E-state index is 0.923. The van der Waals surface area contributed by atoms with Crippen molar-refractivity contribution in [2.75, 3.05) is 5.32 Å². The lowest BCUT2D eigenvalue weighted by Crippen LogP contribution is -2.08. The zero-order valence-corrected chi connectivity index (χ0v) is 12.6. The largest absolute Gasteiger partial charge is 0.380 e. The van der Waals surface area contributed by atoms with Crippen molar-refractivity contribution >= 4 is 33.0 Å². The number of hydrogen-bond donors (Lipinski definition) is 1.